The number of nitrogens with zero attached hydrogens (tertiary/aromatic N) is 2. The summed E-state index contributed by atoms with van der Waals surface area (Å²) in [6.07, 6.45) is 1.04. The van der Waals surface area contributed by atoms with E-state index in [0.717, 1.165) is 20.6 Å². The number of ether oxygens (including phenoxy) is 1. The van der Waals surface area contributed by atoms with Gasteiger partial charge in [0.25, 0.3) is 0 Å². The molecular formula is C27H30BrN3O5S. The van der Waals surface area contributed by atoms with Crippen LogP contribution in [0.1, 0.15) is 19.4 Å². The van der Waals surface area contributed by atoms with Gasteiger partial charge in [-0.25, -0.2) is 8.42 Å². The first-order chi connectivity index (χ1) is 17.6. The number of hydrogen-bond donors (Lipinski definition) is 1. The smallest absolute Gasteiger partial charge is 0.244 e. The Morgan fingerprint density at radius 3 is 2.22 bits per heavy atom. The number of carbonyl (C=O) groups is 2. The fraction of sp³-hybridized carbons (Fsp3) is 0.259. The SMILES string of the molecule is CCNC(=O)C(C)N(Cc1cccc(Br)c1)C(=O)CN(c1ccc(Oc2ccccc2)cc1)S(C)(=O)=O. The molecule has 10 heteroatoms. The second-order valence-electron chi connectivity index (χ2n) is 8.40. The van der Waals surface area contributed by atoms with Crippen LogP contribution >= 0.6 is 15.9 Å². The third kappa shape index (κ3) is 8.06. The maximum atomic E-state index is 13.5. The van der Waals surface area contributed by atoms with Gasteiger partial charge in [0.05, 0.1) is 11.9 Å². The number of benzene rings is 3. The number of hydrogen-bond acceptors (Lipinski definition) is 5. The van der Waals surface area contributed by atoms with E-state index in [0.29, 0.717) is 23.7 Å². The van der Waals surface area contributed by atoms with Gasteiger partial charge in [-0.3, -0.25) is 13.9 Å². The topological polar surface area (TPSA) is 96.0 Å². The fourth-order valence-corrected chi connectivity index (χ4v) is 4.95. The largest absolute Gasteiger partial charge is 0.457 e. The summed E-state index contributed by atoms with van der Waals surface area (Å²) in [6, 6.07) is 22.2. The van der Waals surface area contributed by atoms with Crippen LogP contribution in [0.5, 0.6) is 11.5 Å². The predicted octanol–water partition coefficient (Wildman–Crippen LogP) is 4.56. The van der Waals surface area contributed by atoms with E-state index in [1.54, 1.807) is 38.1 Å². The molecule has 37 heavy (non-hydrogen) atoms. The van der Waals surface area contributed by atoms with Gasteiger partial charge in [-0.05, 0) is 67.9 Å². The van der Waals surface area contributed by atoms with E-state index >= 15 is 0 Å². The monoisotopic (exact) mass is 587 g/mol. The molecule has 0 heterocycles. The molecule has 8 nitrogen and oxygen atoms in total. The van der Waals surface area contributed by atoms with Gasteiger partial charge in [-0.15, -0.1) is 0 Å². The van der Waals surface area contributed by atoms with Crippen LogP contribution < -0.4 is 14.4 Å². The number of sulfonamides is 1. The normalized spacial score (nSPS) is 11.9. The van der Waals surface area contributed by atoms with Gasteiger partial charge in [0.1, 0.15) is 24.1 Å². The number of halogens is 1. The summed E-state index contributed by atoms with van der Waals surface area (Å²) in [5, 5.41) is 2.73. The number of nitrogens with one attached hydrogen (secondary N) is 1. The molecule has 0 saturated heterocycles. The summed E-state index contributed by atoms with van der Waals surface area (Å²) in [7, 11) is -3.82. The van der Waals surface area contributed by atoms with Crippen molar-refractivity contribution in [1.29, 1.82) is 0 Å². The van der Waals surface area contributed by atoms with E-state index in [1.807, 2.05) is 54.6 Å². The quantitative estimate of drug-likeness (QED) is 0.355. The number of amides is 2. The molecule has 0 bridgehead atoms. The van der Waals surface area contributed by atoms with E-state index in [2.05, 4.69) is 21.2 Å². The number of anilines is 1. The summed E-state index contributed by atoms with van der Waals surface area (Å²) in [5.41, 5.74) is 1.11. The van der Waals surface area contributed by atoms with Crippen molar-refractivity contribution in [2.75, 3.05) is 23.7 Å². The molecule has 0 aliphatic heterocycles. The maximum Gasteiger partial charge on any atom is 0.244 e. The van der Waals surface area contributed by atoms with Crippen molar-refractivity contribution in [3.05, 3.63) is 88.9 Å². The molecule has 0 fully saturated rings. The Morgan fingerprint density at radius 2 is 1.62 bits per heavy atom. The highest BCUT2D eigenvalue weighted by Gasteiger charge is 2.30. The van der Waals surface area contributed by atoms with Crippen LogP contribution in [0.3, 0.4) is 0 Å². The lowest BCUT2D eigenvalue weighted by atomic mass is 10.1. The minimum atomic E-state index is -3.82. The van der Waals surface area contributed by atoms with Crippen molar-refractivity contribution >= 4 is 43.5 Å². The summed E-state index contributed by atoms with van der Waals surface area (Å²) in [6.45, 7) is 3.51. The molecule has 0 radical (unpaired) electrons. The fourth-order valence-electron chi connectivity index (χ4n) is 3.66. The molecule has 3 aromatic rings. The van der Waals surface area contributed by atoms with Gasteiger partial charge in [-0.1, -0.05) is 46.3 Å². The van der Waals surface area contributed by atoms with Crippen molar-refractivity contribution < 1.29 is 22.7 Å². The predicted molar refractivity (Wildman–Crippen MR) is 148 cm³/mol. The first kappa shape index (κ1) is 28.2. The molecule has 0 aromatic heterocycles. The maximum absolute atomic E-state index is 13.5. The minimum Gasteiger partial charge on any atom is -0.457 e. The minimum absolute atomic E-state index is 0.137. The van der Waals surface area contributed by atoms with Gasteiger partial charge in [0.15, 0.2) is 0 Å². The Balaban J connectivity index is 1.85. The first-order valence-electron chi connectivity index (χ1n) is 11.7. The van der Waals surface area contributed by atoms with Crippen LogP contribution in [0.2, 0.25) is 0 Å². The molecule has 3 rings (SSSR count). The van der Waals surface area contributed by atoms with Gasteiger partial charge < -0.3 is 15.0 Å². The molecule has 0 aliphatic carbocycles. The third-order valence-electron chi connectivity index (χ3n) is 5.54. The van der Waals surface area contributed by atoms with Gasteiger partial charge in [0, 0.05) is 17.6 Å². The first-order valence-corrected chi connectivity index (χ1v) is 14.3. The highest BCUT2D eigenvalue weighted by molar-refractivity contribution is 9.10. The zero-order chi connectivity index (χ0) is 27.0. The molecule has 196 valence electrons. The van der Waals surface area contributed by atoms with Crippen LogP contribution in [0.25, 0.3) is 0 Å². The molecule has 1 unspecified atom stereocenters. The highest BCUT2D eigenvalue weighted by atomic mass is 79.9. The molecule has 3 aromatic carbocycles. The van der Waals surface area contributed by atoms with Crippen LogP contribution in [-0.2, 0) is 26.2 Å². The molecule has 0 aliphatic rings. The van der Waals surface area contributed by atoms with Crippen molar-refractivity contribution in [3.8, 4) is 11.5 Å². The van der Waals surface area contributed by atoms with Gasteiger partial charge in [0.2, 0.25) is 21.8 Å². The Labute approximate surface area is 226 Å². The zero-order valence-electron chi connectivity index (χ0n) is 20.9. The average molecular weight is 589 g/mol. The molecule has 0 spiro atoms. The Kier molecular flexibility index (Phi) is 9.71. The Morgan fingerprint density at radius 1 is 0.973 bits per heavy atom. The van der Waals surface area contributed by atoms with Crippen LogP contribution in [-0.4, -0.2) is 50.5 Å². The molecule has 1 atom stereocenters. The molecule has 2 amide bonds. The van der Waals surface area contributed by atoms with Gasteiger partial charge >= 0.3 is 0 Å². The molecular weight excluding hydrogens is 558 g/mol. The van der Waals surface area contributed by atoms with Crippen LogP contribution in [0.4, 0.5) is 5.69 Å². The second kappa shape index (κ2) is 12.7. The lowest BCUT2D eigenvalue weighted by Gasteiger charge is -2.31. The molecule has 0 saturated carbocycles. The van der Waals surface area contributed by atoms with E-state index in [1.165, 1.54) is 4.90 Å². The summed E-state index contributed by atoms with van der Waals surface area (Å²) in [5.74, 6) is 0.344. The average Bonchev–Trinajstić information content (AvgIpc) is 2.86. The van der Waals surface area contributed by atoms with Crippen molar-refractivity contribution in [2.45, 2.75) is 26.4 Å². The third-order valence-corrected chi connectivity index (χ3v) is 7.18. The Bertz CT molecular complexity index is 1320. The Hall–Kier alpha value is -3.37. The van der Waals surface area contributed by atoms with Crippen LogP contribution in [0, 0.1) is 0 Å². The number of rotatable bonds is 11. The number of carbonyl (C=O) groups excluding carboxylic acids is 2. The lowest BCUT2D eigenvalue weighted by Crippen LogP contribution is -2.51. The zero-order valence-corrected chi connectivity index (χ0v) is 23.3. The lowest BCUT2D eigenvalue weighted by molar-refractivity contribution is -0.139. The number of likely N-dealkylation sites (N-methyl/N-ethyl adjacent to an activating group) is 1. The van der Waals surface area contributed by atoms with E-state index < -0.39 is 28.5 Å². The highest BCUT2D eigenvalue weighted by Crippen LogP contribution is 2.26. The van der Waals surface area contributed by atoms with E-state index in [9.17, 15) is 18.0 Å². The van der Waals surface area contributed by atoms with E-state index in [4.69, 9.17) is 4.74 Å². The van der Waals surface area contributed by atoms with Crippen LogP contribution in [0.15, 0.2) is 83.3 Å². The number of para-hydroxylation sites is 1. The summed E-state index contributed by atoms with van der Waals surface area (Å²) in [4.78, 5) is 27.5. The summed E-state index contributed by atoms with van der Waals surface area (Å²) < 4.78 is 33.1. The van der Waals surface area contributed by atoms with Crippen molar-refractivity contribution in [3.63, 3.8) is 0 Å². The summed E-state index contributed by atoms with van der Waals surface area (Å²) >= 11 is 3.42. The van der Waals surface area contributed by atoms with Gasteiger partial charge in [-0.2, -0.15) is 0 Å². The van der Waals surface area contributed by atoms with Crippen molar-refractivity contribution in [2.24, 2.45) is 0 Å². The van der Waals surface area contributed by atoms with E-state index in [-0.39, 0.29) is 12.5 Å². The second-order valence-corrected chi connectivity index (χ2v) is 11.2. The standard InChI is InChI=1S/C27H30BrN3O5S/c1-4-29-27(33)20(2)30(18-21-9-8-10-22(28)17-21)26(32)19-31(37(3,34)35)23-13-15-25(16-14-23)36-24-11-6-5-7-12-24/h5-17,20H,4,18-19H2,1-3H3,(H,29,33). The van der Waals surface area contributed by atoms with Crippen molar-refractivity contribution in [1.82, 2.24) is 10.2 Å². The molecule has 1 N–H and O–H groups in total.